The van der Waals surface area contributed by atoms with Crippen molar-refractivity contribution >= 4 is 28.3 Å². The number of pyridine rings is 1. The quantitative estimate of drug-likeness (QED) is 0.445. The molecule has 2 aromatic carbocycles. The first-order valence-electron chi connectivity index (χ1n) is 10.2. The SMILES string of the molecule is Cc1cc(C)c2[nH]c(=O)c(CN(Cc3cccs3)C(=O)NCc3ccccc3)cc2c1. The number of nitrogens with zero attached hydrogens (tertiary/aromatic N) is 1. The Hall–Kier alpha value is -3.38. The fourth-order valence-electron chi connectivity index (χ4n) is 3.73. The Balaban J connectivity index is 1.60. The number of carbonyl (C=O) groups excluding carboxylic acids is 1. The topological polar surface area (TPSA) is 65.2 Å². The molecule has 31 heavy (non-hydrogen) atoms. The Morgan fingerprint density at radius 1 is 1.03 bits per heavy atom. The van der Waals surface area contributed by atoms with Crippen LogP contribution >= 0.6 is 11.3 Å². The molecule has 6 heteroatoms. The van der Waals surface area contributed by atoms with Gasteiger partial charge in [-0.2, -0.15) is 0 Å². The third-order valence-electron chi connectivity index (χ3n) is 5.23. The lowest BCUT2D eigenvalue weighted by molar-refractivity contribution is 0.192. The predicted molar refractivity (Wildman–Crippen MR) is 126 cm³/mol. The van der Waals surface area contributed by atoms with Crippen molar-refractivity contribution in [1.82, 2.24) is 15.2 Å². The zero-order chi connectivity index (χ0) is 21.8. The van der Waals surface area contributed by atoms with Crippen LogP contribution in [-0.4, -0.2) is 15.9 Å². The molecule has 158 valence electrons. The summed E-state index contributed by atoms with van der Waals surface area (Å²) in [5.74, 6) is 0. The molecule has 0 aliphatic rings. The van der Waals surface area contributed by atoms with Crippen LogP contribution in [0.2, 0.25) is 0 Å². The maximum atomic E-state index is 13.0. The van der Waals surface area contributed by atoms with E-state index in [1.807, 2.05) is 67.8 Å². The number of carbonyl (C=O) groups is 1. The van der Waals surface area contributed by atoms with Gasteiger partial charge in [0.15, 0.2) is 0 Å². The molecular weight excluding hydrogens is 406 g/mol. The minimum absolute atomic E-state index is 0.161. The molecule has 0 fully saturated rings. The maximum absolute atomic E-state index is 13.0. The van der Waals surface area contributed by atoms with E-state index in [0.29, 0.717) is 18.7 Å². The molecule has 0 saturated carbocycles. The number of aromatic amines is 1. The number of nitrogens with one attached hydrogen (secondary N) is 2. The second kappa shape index (κ2) is 9.18. The van der Waals surface area contributed by atoms with Crippen molar-refractivity contribution in [1.29, 1.82) is 0 Å². The highest BCUT2D eigenvalue weighted by molar-refractivity contribution is 7.09. The summed E-state index contributed by atoms with van der Waals surface area (Å²) in [5, 5.41) is 5.96. The summed E-state index contributed by atoms with van der Waals surface area (Å²) in [7, 11) is 0. The van der Waals surface area contributed by atoms with Gasteiger partial charge in [-0.3, -0.25) is 4.79 Å². The first kappa shape index (κ1) is 20.9. The number of urea groups is 1. The number of fused-ring (bicyclic) bond motifs is 1. The Labute approximate surface area is 185 Å². The molecule has 2 aromatic heterocycles. The van der Waals surface area contributed by atoms with E-state index in [4.69, 9.17) is 0 Å². The standard InChI is InChI=1S/C25H25N3O2S/c1-17-11-18(2)23-20(12-17)13-21(24(29)27-23)15-28(16-22-9-6-10-31-22)25(30)26-14-19-7-4-3-5-8-19/h3-13H,14-16H2,1-2H3,(H,26,30)(H,27,29). The maximum Gasteiger partial charge on any atom is 0.318 e. The summed E-state index contributed by atoms with van der Waals surface area (Å²) >= 11 is 1.60. The van der Waals surface area contributed by atoms with Crippen molar-refractivity contribution < 1.29 is 4.79 Å². The highest BCUT2D eigenvalue weighted by Gasteiger charge is 2.17. The summed E-state index contributed by atoms with van der Waals surface area (Å²) in [6.07, 6.45) is 0. The average Bonchev–Trinajstić information content (AvgIpc) is 3.26. The second-order valence-corrected chi connectivity index (χ2v) is 8.78. The molecule has 0 aliphatic carbocycles. The normalized spacial score (nSPS) is 10.9. The summed E-state index contributed by atoms with van der Waals surface area (Å²) in [6.45, 7) is 5.15. The van der Waals surface area contributed by atoms with Gasteiger partial charge >= 0.3 is 6.03 Å². The van der Waals surface area contributed by atoms with Crippen molar-refractivity contribution in [2.45, 2.75) is 33.5 Å². The molecule has 2 amide bonds. The minimum atomic E-state index is -0.197. The molecule has 0 aliphatic heterocycles. The highest BCUT2D eigenvalue weighted by atomic mass is 32.1. The Bertz CT molecular complexity index is 1250. The van der Waals surface area contributed by atoms with Crippen LogP contribution in [0.1, 0.15) is 27.1 Å². The molecule has 4 aromatic rings. The zero-order valence-corrected chi connectivity index (χ0v) is 18.5. The number of amides is 2. The van der Waals surface area contributed by atoms with Crippen LogP contribution in [-0.2, 0) is 19.6 Å². The van der Waals surface area contributed by atoms with Crippen LogP contribution < -0.4 is 10.9 Å². The van der Waals surface area contributed by atoms with Gasteiger partial charge in [-0.25, -0.2) is 4.79 Å². The summed E-state index contributed by atoms with van der Waals surface area (Å²) in [4.78, 5) is 31.6. The minimum Gasteiger partial charge on any atom is -0.334 e. The fraction of sp³-hybridized carbons (Fsp3) is 0.200. The lowest BCUT2D eigenvalue weighted by Gasteiger charge is -2.23. The molecule has 2 N–H and O–H groups in total. The number of H-pyrrole nitrogens is 1. The van der Waals surface area contributed by atoms with Crippen molar-refractivity contribution in [3.8, 4) is 0 Å². The molecule has 0 radical (unpaired) electrons. The predicted octanol–water partition coefficient (Wildman–Crippen LogP) is 5.12. The first-order chi connectivity index (χ1) is 15.0. The van der Waals surface area contributed by atoms with Gasteiger partial charge in [0.1, 0.15) is 0 Å². The third kappa shape index (κ3) is 5.03. The van der Waals surface area contributed by atoms with Gasteiger partial charge in [-0.1, -0.05) is 48.0 Å². The lowest BCUT2D eigenvalue weighted by Crippen LogP contribution is -2.39. The number of thiophene rings is 1. The molecule has 4 rings (SSSR count). The van der Waals surface area contributed by atoms with Gasteiger partial charge in [0, 0.05) is 17.0 Å². The molecule has 0 saturated heterocycles. The van der Waals surface area contributed by atoms with Crippen LogP contribution in [0, 0.1) is 13.8 Å². The molecule has 0 unspecified atom stereocenters. The second-order valence-electron chi connectivity index (χ2n) is 7.75. The zero-order valence-electron chi connectivity index (χ0n) is 17.6. The third-order valence-corrected chi connectivity index (χ3v) is 6.09. The van der Waals surface area contributed by atoms with Gasteiger partial charge in [0.25, 0.3) is 5.56 Å². The van der Waals surface area contributed by atoms with Crippen LogP contribution in [0.5, 0.6) is 0 Å². The number of aromatic nitrogens is 1. The van der Waals surface area contributed by atoms with E-state index in [1.54, 1.807) is 16.2 Å². The number of benzene rings is 2. The van der Waals surface area contributed by atoms with Crippen molar-refractivity contribution in [3.05, 3.63) is 104 Å². The van der Waals surface area contributed by atoms with Crippen molar-refractivity contribution in [2.24, 2.45) is 0 Å². The summed E-state index contributed by atoms with van der Waals surface area (Å²) in [6, 6.07) is 19.6. The highest BCUT2D eigenvalue weighted by Crippen LogP contribution is 2.20. The average molecular weight is 432 g/mol. The van der Waals surface area contributed by atoms with E-state index in [9.17, 15) is 9.59 Å². The van der Waals surface area contributed by atoms with E-state index in [1.165, 1.54) is 0 Å². The summed E-state index contributed by atoms with van der Waals surface area (Å²) < 4.78 is 0. The largest absolute Gasteiger partial charge is 0.334 e. The molecular formula is C25H25N3O2S. The van der Waals surface area contributed by atoms with Crippen molar-refractivity contribution in [2.75, 3.05) is 0 Å². The number of hydrogen-bond donors (Lipinski definition) is 2. The van der Waals surface area contributed by atoms with Gasteiger partial charge in [-0.15, -0.1) is 11.3 Å². The number of aryl methyl sites for hydroxylation is 2. The Morgan fingerprint density at radius 3 is 2.58 bits per heavy atom. The molecule has 0 atom stereocenters. The van der Waals surface area contributed by atoms with E-state index in [-0.39, 0.29) is 18.1 Å². The van der Waals surface area contributed by atoms with E-state index in [2.05, 4.69) is 22.4 Å². The number of hydrogen-bond acceptors (Lipinski definition) is 3. The molecule has 0 spiro atoms. The van der Waals surface area contributed by atoms with Gasteiger partial charge in [0.2, 0.25) is 0 Å². The molecule has 0 bridgehead atoms. The van der Waals surface area contributed by atoms with Gasteiger partial charge < -0.3 is 15.2 Å². The first-order valence-corrected chi connectivity index (χ1v) is 11.1. The van der Waals surface area contributed by atoms with Crippen LogP contribution in [0.4, 0.5) is 4.79 Å². The lowest BCUT2D eigenvalue weighted by atomic mass is 10.1. The van der Waals surface area contributed by atoms with Crippen LogP contribution in [0.3, 0.4) is 0 Å². The van der Waals surface area contributed by atoms with Gasteiger partial charge in [0.05, 0.1) is 18.6 Å². The van der Waals surface area contributed by atoms with E-state index >= 15 is 0 Å². The molecule has 5 nitrogen and oxygen atoms in total. The summed E-state index contributed by atoms with van der Waals surface area (Å²) in [5.41, 5.74) is 4.46. The monoisotopic (exact) mass is 431 g/mol. The van der Waals surface area contributed by atoms with E-state index in [0.717, 1.165) is 32.5 Å². The fourth-order valence-corrected chi connectivity index (χ4v) is 4.45. The van der Waals surface area contributed by atoms with Crippen LogP contribution in [0.25, 0.3) is 10.9 Å². The number of rotatable bonds is 6. The Morgan fingerprint density at radius 2 is 1.84 bits per heavy atom. The van der Waals surface area contributed by atoms with Gasteiger partial charge in [-0.05, 0) is 53.9 Å². The van der Waals surface area contributed by atoms with Crippen molar-refractivity contribution in [3.63, 3.8) is 0 Å². The van der Waals surface area contributed by atoms with E-state index < -0.39 is 0 Å². The molecule has 2 heterocycles. The van der Waals surface area contributed by atoms with Crippen LogP contribution in [0.15, 0.2) is 70.8 Å². The Kier molecular flexibility index (Phi) is 6.18. The smallest absolute Gasteiger partial charge is 0.318 e.